The number of fused-ring (bicyclic) bond motifs is 1. The lowest BCUT2D eigenvalue weighted by atomic mass is 9.95. The summed E-state index contributed by atoms with van der Waals surface area (Å²) in [6.45, 7) is 8.00. The van der Waals surface area contributed by atoms with Gasteiger partial charge >= 0.3 is 5.63 Å². The predicted octanol–water partition coefficient (Wildman–Crippen LogP) is 4.75. The molecule has 5 nitrogen and oxygen atoms in total. The highest BCUT2D eigenvalue weighted by molar-refractivity contribution is 6.05. The SMILES string of the molecule is CCCc1c(CC)ccc2cc(C(=O)Nc3ccc(C(C)(C)N)cc3)c(=O)oc12. The van der Waals surface area contributed by atoms with Gasteiger partial charge in [-0.05, 0) is 61.6 Å². The summed E-state index contributed by atoms with van der Waals surface area (Å²) in [6, 6.07) is 12.8. The third-order valence-electron chi connectivity index (χ3n) is 5.11. The molecule has 0 radical (unpaired) electrons. The van der Waals surface area contributed by atoms with Crippen molar-refractivity contribution in [1.82, 2.24) is 0 Å². The average molecular weight is 392 g/mol. The van der Waals surface area contributed by atoms with Gasteiger partial charge in [0, 0.05) is 16.6 Å². The summed E-state index contributed by atoms with van der Waals surface area (Å²) in [6.07, 6.45) is 2.65. The molecule has 0 aliphatic carbocycles. The molecule has 0 bridgehead atoms. The number of nitrogens with one attached hydrogen (secondary N) is 1. The van der Waals surface area contributed by atoms with E-state index in [2.05, 4.69) is 19.2 Å². The molecule has 29 heavy (non-hydrogen) atoms. The molecule has 3 aromatic rings. The molecule has 0 spiro atoms. The van der Waals surface area contributed by atoms with Crippen molar-refractivity contribution in [2.75, 3.05) is 5.32 Å². The normalized spacial score (nSPS) is 11.6. The number of carbonyl (C=O) groups excluding carboxylic acids is 1. The number of anilines is 1. The summed E-state index contributed by atoms with van der Waals surface area (Å²) in [4.78, 5) is 25.3. The molecule has 1 aromatic heterocycles. The maximum Gasteiger partial charge on any atom is 0.349 e. The van der Waals surface area contributed by atoms with Crippen LogP contribution >= 0.6 is 0 Å². The molecule has 0 saturated heterocycles. The Labute approximate surface area is 170 Å². The fourth-order valence-electron chi connectivity index (χ4n) is 3.48. The van der Waals surface area contributed by atoms with Crippen LogP contribution in [0.4, 0.5) is 5.69 Å². The molecule has 0 atom stereocenters. The zero-order valence-corrected chi connectivity index (χ0v) is 17.5. The Morgan fingerprint density at radius 1 is 1.10 bits per heavy atom. The molecule has 3 rings (SSSR count). The molecule has 0 unspecified atom stereocenters. The van der Waals surface area contributed by atoms with Crippen LogP contribution in [0.2, 0.25) is 0 Å². The van der Waals surface area contributed by atoms with E-state index in [-0.39, 0.29) is 5.56 Å². The second kappa shape index (κ2) is 8.21. The van der Waals surface area contributed by atoms with E-state index >= 15 is 0 Å². The minimum atomic E-state index is -0.625. The lowest BCUT2D eigenvalue weighted by Gasteiger charge is -2.19. The number of benzene rings is 2. The smallest absolute Gasteiger partial charge is 0.349 e. The summed E-state index contributed by atoms with van der Waals surface area (Å²) in [5.41, 5.74) is 9.35. The minimum absolute atomic E-state index is 0.00701. The van der Waals surface area contributed by atoms with E-state index in [4.69, 9.17) is 10.2 Å². The van der Waals surface area contributed by atoms with Crippen molar-refractivity contribution < 1.29 is 9.21 Å². The number of nitrogens with two attached hydrogens (primary N) is 1. The molecule has 5 heteroatoms. The summed E-state index contributed by atoms with van der Waals surface area (Å²) in [5, 5.41) is 3.52. The summed E-state index contributed by atoms with van der Waals surface area (Å²) < 4.78 is 5.61. The van der Waals surface area contributed by atoms with Crippen LogP contribution < -0.4 is 16.7 Å². The Morgan fingerprint density at radius 2 is 1.79 bits per heavy atom. The lowest BCUT2D eigenvalue weighted by molar-refractivity contribution is 0.102. The Hall–Kier alpha value is -2.92. The maximum absolute atomic E-state index is 12.7. The third-order valence-corrected chi connectivity index (χ3v) is 5.11. The fourth-order valence-corrected chi connectivity index (χ4v) is 3.48. The van der Waals surface area contributed by atoms with E-state index in [9.17, 15) is 9.59 Å². The highest BCUT2D eigenvalue weighted by Crippen LogP contribution is 2.25. The van der Waals surface area contributed by atoms with Crippen LogP contribution in [0.5, 0.6) is 0 Å². The van der Waals surface area contributed by atoms with Crippen molar-refractivity contribution in [3.05, 3.63) is 75.1 Å². The molecular weight excluding hydrogens is 364 g/mol. The van der Waals surface area contributed by atoms with Gasteiger partial charge in [-0.25, -0.2) is 4.79 Å². The van der Waals surface area contributed by atoms with Crippen molar-refractivity contribution >= 4 is 22.6 Å². The maximum atomic E-state index is 12.7. The first kappa shape index (κ1) is 20.8. The van der Waals surface area contributed by atoms with E-state index < -0.39 is 17.1 Å². The van der Waals surface area contributed by atoms with Crippen molar-refractivity contribution in [2.45, 2.75) is 52.5 Å². The molecule has 2 aromatic carbocycles. The first-order valence-corrected chi connectivity index (χ1v) is 10.0. The van der Waals surface area contributed by atoms with Crippen molar-refractivity contribution in [1.29, 1.82) is 0 Å². The van der Waals surface area contributed by atoms with Gasteiger partial charge in [0.05, 0.1) is 0 Å². The van der Waals surface area contributed by atoms with Crippen LogP contribution in [0.1, 0.15) is 61.2 Å². The summed E-state index contributed by atoms with van der Waals surface area (Å²) in [5.74, 6) is -0.489. The Morgan fingerprint density at radius 3 is 2.38 bits per heavy atom. The zero-order valence-electron chi connectivity index (χ0n) is 17.5. The number of aryl methyl sites for hydroxylation is 2. The Kier molecular flexibility index (Phi) is 5.89. The van der Waals surface area contributed by atoms with Crippen molar-refractivity contribution in [2.24, 2.45) is 5.73 Å². The van der Waals surface area contributed by atoms with Gasteiger partial charge in [0.15, 0.2) is 0 Å². The number of rotatable bonds is 6. The van der Waals surface area contributed by atoms with Crippen LogP contribution in [0, 0.1) is 0 Å². The number of carbonyl (C=O) groups is 1. The van der Waals surface area contributed by atoms with Gasteiger partial charge in [-0.2, -0.15) is 0 Å². The van der Waals surface area contributed by atoms with Gasteiger partial charge in [-0.3, -0.25) is 4.79 Å². The first-order valence-electron chi connectivity index (χ1n) is 10.0. The van der Waals surface area contributed by atoms with Crippen molar-refractivity contribution in [3.8, 4) is 0 Å². The monoisotopic (exact) mass is 392 g/mol. The van der Waals surface area contributed by atoms with E-state index in [0.717, 1.165) is 35.8 Å². The van der Waals surface area contributed by atoms with Gasteiger partial charge < -0.3 is 15.5 Å². The van der Waals surface area contributed by atoms with Gasteiger partial charge in [0.25, 0.3) is 5.91 Å². The summed E-state index contributed by atoms with van der Waals surface area (Å²) in [7, 11) is 0. The highest BCUT2D eigenvalue weighted by atomic mass is 16.4. The van der Waals surface area contributed by atoms with Gasteiger partial charge in [-0.15, -0.1) is 0 Å². The van der Waals surface area contributed by atoms with Crippen LogP contribution in [-0.2, 0) is 18.4 Å². The quantitative estimate of drug-likeness (QED) is 0.593. The molecule has 1 amide bonds. The highest BCUT2D eigenvalue weighted by Gasteiger charge is 2.18. The Bertz CT molecular complexity index is 1090. The zero-order chi connectivity index (χ0) is 21.2. The topological polar surface area (TPSA) is 85.3 Å². The number of hydrogen-bond acceptors (Lipinski definition) is 4. The number of amides is 1. The molecule has 0 aliphatic rings. The van der Waals surface area contributed by atoms with E-state index in [1.54, 1.807) is 18.2 Å². The molecule has 0 aliphatic heterocycles. The van der Waals surface area contributed by atoms with Crippen LogP contribution in [0.3, 0.4) is 0 Å². The first-order chi connectivity index (χ1) is 13.7. The molecule has 3 N–H and O–H groups in total. The predicted molar refractivity (Wildman–Crippen MR) is 117 cm³/mol. The van der Waals surface area contributed by atoms with Crippen LogP contribution in [0.25, 0.3) is 11.0 Å². The van der Waals surface area contributed by atoms with Gasteiger partial charge in [0.2, 0.25) is 0 Å². The van der Waals surface area contributed by atoms with E-state index in [1.807, 2.05) is 38.1 Å². The standard InChI is InChI=1S/C24H28N2O3/c1-5-7-19-15(6-2)8-9-16-14-20(23(28)29-21(16)19)22(27)26-18-12-10-17(11-13-18)24(3,4)25/h8-14H,5-7,25H2,1-4H3,(H,26,27). The largest absolute Gasteiger partial charge is 0.422 e. The van der Waals surface area contributed by atoms with Gasteiger partial charge in [0.1, 0.15) is 11.1 Å². The van der Waals surface area contributed by atoms with Crippen LogP contribution in [-0.4, -0.2) is 5.91 Å². The molecule has 1 heterocycles. The average Bonchev–Trinajstić information content (AvgIpc) is 2.68. The summed E-state index contributed by atoms with van der Waals surface area (Å²) >= 11 is 0. The van der Waals surface area contributed by atoms with Crippen LogP contribution in [0.15, 0.2) is 51.7 Å². The molecule has 152 valence electrons. The second-order valence-electron chi connectivity index (χ2n) is 7.93. The number of hydrogen-bond donors (Lipinski definition) is 2. The van der Waals surface area contributed by atoms with Gasteiger partial charge in [-0.1, -0.05) is 44.5 Å². The Balaban J connectivity index is 1.94. The van der Waals surface area contributed by atoms with Crippen molar-refractivity contribution in [3.63, 3.8) is 0 Å². The molecule has 0 fully saturated rings. The van der Waals surface area contributed by atoms with E-state index in [1.165, 1.54) is 5.56 Å². The van der Waals surface area contributed by atoms with E-state index in [0.29, 0.717) is 11.3 Å². The lowest BCUT2D eigenvalue weighted by Crippen LogP contribution is -2.28. The molecule has 0 saturated carbocycles. The fraction of sp³-hybridized carbons (Fsp3) is 0.333. The molecular formula is C24H28N2O3. The second-order valence-corrected chi connectivity index (χ2v) is 7.93. The minimum Gasteiger partial charge on any atom is -0.422 e. The third kappa shape index (κ3) is 4.40.